The van der Waals surface area contributed by atoms with Crippen molar-refractivity contribution >= 4 is 23.2 Å². The van der Waals surface area contributed by atoms with Crippen LogP contribution in [0.3, 0.4) is 0 Å². The molecule has 1 heterocycles. The lowest BCUT2D eigenvalue weighted by molar-refractivity contribution is -0.136. The number of anilines is 2. The van der Waals surface area contributed by atoms with Gasteiger partial charge in [0.25, 0.3) is 5.91 Å². The summed E-state index contributed by atoms with van der Waals surface area (Å²) in [5, 5.41) is 2.92. The normalized spacial score (nSPS) is 14.0. The number of carbonyl (C=O) groups excluding carboxylic acids is 2. The molecular formula is C24H31N3O3. The Kier molecular flexibility index (Phi) is 7.33. The van der Waals surface area contributed by atoms with Crippen LogP contribution in [0.25, 0.3) is 0 Å². The van der Waals surface area contributed by atoms with Gasteiger partial charge in [0.05, 0.1) is 12.7 Å². The Balaban J connectivity index is 1.57. The van der Waals surface area contributed by atoms with Gasteiger partial charge < -0.3 is 19.9 Å². The van der Waals surface area contributed by atoms with E-state index in [1.54, 1.807) is 19.2 Å². The van der Waals surface area contributed by atoms with Gasteiger partial charge in [-0.1, -0.05) is 26.0 Å². The Morgan fingerprint density at radius 2 is 1.60 bits per heavy atom. The van der Waals surface area contributed by atoms with Crippen LogP contribution < -0.4 is 15.0 Å². The number of hydrogen-bond acceptors (Lipinski definition) is 4. The molecule has 1 N–H and O–H groups in total. The standard InChI is InChI=1S/C24H31N3O3/c1-4-18(5-2)24(29)27-16-14-26(15-17-27)20-12-10-19(11-13-20)25-23(28)21-8-6-7-9-22(21)30-3/h6-13,18H,4-5,14-17H2,1-3H3,(H,25,28). The molecule has 6 nitrogen and oxygen atoms in total. The van der Waals surface area contributed by atoms with Crippen molar-refractivity contribution in [1.29, 1.82) is 0 Å². The molecular weight excluding hydrogens is 378 g/mol. The Morgan fingerprint density at radius 1 is 0.967 bits per heavy atom. The van der Waals surface area contributed by atoms with Crippen molar-refractivity contribution in [1.82, 2.24) is 4.90 Å². The van der Waals surface area contributed by atoms with Gasteiger partial charge in [-0.15, -0.1) is 0 Å². The minimum absolute atomic E-state index is 0.141. The van der Waals surface area contributed by atoms with Crippen molar-refractivity contribution in [2.45, 2.75) is 26.7 Å². The summed E-state index contributed by atoms with van der Waals surface area (Å²) in [7, 11) is 1.55. The van der Waals surface area contributed by atoms with Crippen LogP contribution in [0.5, 0.6) is 5.75 Å². The fourth-order valence-electron chi connectivity index (χ4n) is 3.87. The molecule has 6 heteroatoms. The zero-order valence-electron chi connectivity index (χ0n) is 18.1. The van der Waals surface area contributed by atoms with E-state index in [1.165, 1.54) is 0 Å². The first kappa shape index (κ1) is 21.7. The molecule has 30 heavy (non-hydrogen) atoms. The number of methoxy groups -OCH3 is 1. The third kappa shape index (κ3) is 4.93. The minimum Gasteiger partial charge on any atom is -0.496 e. The molecule has 1 aliphatic rings. The molecule has 2 aromatic carbocycles. The number of para-hydroxylation sites is 1. The van der Waals surface area contributed by atoms with Crippen LogP contribution in [-0.2, 0) is 4.79 Å². The summed E-state index contributed by atoms with van der Waals surface area (Å²) in [6.07, 6.45) is 1.80. The molecule has 0 unspecified atom stereocenters. The fourth-order valence-corrected chi connectivity index (χ4v) is 3.87. The molecule has 1 saturated heterocycles. The molecule has 1 aliphatic heterocycles. The molecule has 3 rings (SSSR count). The zero-order chi connectivity index (χ0) is 21.5. The quantitative estimate of drug-likeness (QED) is 0.750. The molecule has 0 bridgehead atoms. The molecule has 0 atom stereocenters. The van der Waals surface area contributed by atoms with Crippen molar-refractivity contribution in [3.8, 4) is 5.75 Å². The molecule has 0 aliphatic carbocycles. The molecule has 0 saturated carbocycles. The highest BCUT2D eigenvalue weighted by atomic mass is 16.5. The lowest BCUT2D eigenvalue weighted by atomic mass is 10.0. The number of benzene rings is 2. The topological polar surface area (TPSA) is 61.9 Å². The molecule has 2 amide bonds. The van der Waals surface area contributed by atoms with E-state index in [2.05, 4.69) is 24.1 Å². The van der Waals surface area contributed by atoms with Gasteiger partial charge >= 0.3 is 0 Å². The second-order valence-corrected chi connectivity index (χ2v) is 7.53. The number of nitrogens with one attached hydrogen (secondary N) is 1. The fraction of sp³-hybridized carbons (Fsp3) is 0.417. The van der Waals surface area contributed by atoms with E-state index in [9.17, 15) is 9.59 Å². The largest absolute Gasteiger partial charge is 0.496 e. The van der Waals surface area contributed by atoms with Crippen molar-refractivity contribution in [3.63, 3.8) is 0 Å². The highest BCUT2D eigenvalue weighted by Gasteiger charge is 2.25. The van der Waals surface area contributed by atoms with Crippen LogP contribution in [0, 0.1) is 5.92 Å². The second-order valence-electron chi connectivity index (χ2n) is 7.53. The monoisotopic (exact) mass is 409 g/mol. The molecule has 2 aromatic rings. The van der Waals surface area contributed by atoms with Gasteiger partial charge in [-0.2, -0.15) is 0 Å². The van der Waals surface area contributed by atoms with Gasteiger partial charge in [-0.25, -0.2) is 0 Å². The number of carbonyl (C=O) groups is 2. The van der Waals surface area contributed by atoms with Gasteiger partial charge in [0.2, 0.25) is 5.91 Å². The second kappa shape index (κ2) is 10.1. The van der Waals surface area contributed by atoms with E-state index in [1.807, 2.05) is 41.3 Å². The average molecular weight is 410 g/mol. The Labute approximate surface area is 178 Å². The summed E-state index contributed by atoms with van der Waals surface area (Å²) in [6.45, 7) is 7.30. The van der Waals surface area contributed by atoms with Crippen LogP contribution in [0.15, 0.2) is 48.5 Å². The number of amides is 2. The van der Waals surface area contributed by atoms with Gasteiger partial charge in [-0.3, -0.25) is 9.59 Å². The maximum atomic E-state index is 12.6. The Bertz CT molecular complexity index is 854. The number of nitrogens with zero attached hydrogens (tertiary/aromatic N) is 2. The van der Waals surface area contributed by atoms with Gasteiger partial charge in [-0.05, 0) is 49.2 Å². The molecule has 0 radical (unpaired) electrons. The van der Waals surface area contributed by atoms with Crippen molar-refractivity contribution < 1.29 is 14.3 Å². The summed E-state index contributed by atoms with van der Waals surface area (Å²) in [4.78, 5) is 29.4. The SMILES string of the molecule is CCC(CC)C(=O)N1CCN(c2ccc(NC(=O)c3ccccc3OC)cc2)CC1. The maximum absolute atomic E-state index is 12.6. The Hall–Kier alpha value is -3.02. The van der Waals surface area contributed by atoms with Gasteiger partial charge in [0.15, 0.2) is 0 Å². The maximum Gasteiger partial charge on any atom is 0.259 e. The summed E-state index contributed by atoms with van der Waals surface area (Å²) < 4.78 is 5.26. The van der Waals surface area contributed by atoms with Crippen LogP contribution >= 0.6 is 0 Å². The lowest BCUT2D eigenvalue weighted by Crippen LogP contribution is -2.50. The van der Waals surface area contributed by atoms with Crippen LogP contribution in [0.1, 0.15) is 37.0 Å². The van der Waals surface area contributed by atoms with Crippen molar-refractivity contribution in [2.75, 3.05) is 43.5 Å². The van der Waals surface area contributed by atoms with Crippen molar-refractivity contribution in [3.05, 3.63) is 54.1 Å². The van der Waals surface area contributed by atoms with Crippen molar-refractivity contribution in [2.24, 2.45) is 5.92 Å². The molecule has 0 spiro atoms. The smallest absolute Gasteiger partial charge is 0.259 e. The molecule has 0 aromatic heterocycles. The first-order valence-corrected chi connectivity index (χ1v) is 10.7. The number of hydrogen-bond donors (Lipinski definition) is 1. The predicted molar refractivity (Wildman–Crippen MR) is 120 cm³/mol. The van der Waals surface area contributed by atoms with Gasteiger partial charge in [0.1, 0.15) is 5.75 Å². The third-order valence-electron chi connectivity index (χ3n) is 5.77. The third-order valence-corrected chi connectivity index (χ3v) is 5.77. The number of rotatable bonds is 7. The highest BCUT2D eigenvalue weighted by molar-refractivity contribution is 6.06. The van der Waals surface area contributed by atoms with Gasteiger partial charge in [0, 0.05) is 43.5 Å². The van der Waals surface area contributed by atoms with E-state index in [0.717, 1.165) is 50.4 Å². The molecule has 160 valence electrons. The van der Waals surface area contributed by atoms with E-state index in [4.69, 9.17) is 4.74 Å². The van der Waals surface area contributed by atoms with Crippen LogP contribution in [0.4, 0.5) is 11.4 Å². The average Bonchev–Trinajstić information content (AvgIpc) is 2.80. The zero-order valence-corrected chi connectivity index (χ0v) is 18.1. The highest BCUT2D eigenvalue weighted by Crippen LogP contribution is 2.23. The van der Waals surface area contributed by atoms with Crippen LogP contribution in [-0.4, -0.2) is 50.0 Å². The first-order chi connectivity index (χ1) is 14.6. The Morgan fingerprint density at radius 3 is 2.20 bits per heavy atom. The summed E-state index contributed by atoms with van der Waals surface area (Å²) >= 11 is 0. The minimum atomic E-state index is -0.200. The van der Waals surface area contributed by atoms with E-state index in [-0.39, 0.29) is 17.7 Å². The van der Waals surface area contributed by atoms with E-state index < -0.39 is 0 Å². The van der Waals surface area contributed by atoms with E-state index >= 15 is 0 Å². The van der Waals surface area contributed by atoms with Crippen LogP contribution in [0.2, 0.25) is 0 Å². The summed E-state index contributed by atoms with van der Waals surface area (Å²) in [6, 6.07) is 15.0. The summed E-state index contributed by atoms with van der Waals surface area (Å²) in [5.41, 5.74) is 2.33. The van der Waals surface area contributed by atoms with E-state index in [0.29, 0.717) is 11.3 Å². The predicted octanol–water partition coefficient (Wildman–Crippen LogP) is 4.03. The number of piperazine rings is 1. The number of ether oxygens (including phenoxy) is 1. The molecule has 1 fully saturated rings. The first-order valence-electron chi connectivity index (χ1n) is 10.7. The summed E-state index contributed by atoms with van der Waals surface area (Å²) in [5.74, 6) is 0.776. The lowest BCUT2D eigenvalue weighted by Gasteiger charge is -2.37.